The van der Waals surface area contributed by atoms with Gasteiger partial charge in [-0.25, -0.2) is 4.98 Å². The first-order valence-electron chi connectivity index (χ1n) is 9.23. The molecule has 2 aromatic carbocycles. The Morgan fingerprint density at radius 2 is 2.03 bits per heavy atom. The Morgan fingerprint density at radius 3 is 2.90 bits per heavy atom. The van der Waals surface area contributed by atoms with Gasteiger partial charge in [0.2, 0.25) is 12.2 Å². The zero-order chi connectivity index (χ0) is 20.2. The summed E-state index contributed by atoms with van der Waals surface area (Å²) >= 11 is 7.58. The number of nitrogens with one attached hydrogen (secondary N) is 1. The summed E-state index contributed by atoms with van der Waals surface area (Å²) in [7, 11) is 0. The highest BCUT2D eigenvalue weighted by Crippen LogP contribution is 2.36. The van der Waals surface area contributed by atoms with Gasteiger partial charge in [0.15, 0.2) is 17.1 Å². The van der Waals surface area contributed by atoms with E-state index in [1.165, 1.54) is 11.3 Å². The highest BCUT2D eigenvalue weighted by Gasteiger charge is 2.22. The highest BCUT2D eigenvalue weighted by atomic mass is 35.5. The van der Waals surface area contributed by atoms with E-state index in [1.807, 2.05) is 23.6 Å². The van der Waals surface area contributed by atoms with Crippen molar-refractivity contribution in [1.29, 1.82) is 0 Å². The second-order valence-corrected chi connectivity index (χ2v) is 8.29. The molecule has 148 valence electrons. The Balaban J connectivity index is 1.59. The fraction of sp³-hybridized carbons (Fsp3) is 0.0909. The van der Waals surface area contributed by atoms with Crippen LogP contribution in [0.4, 0.5) is 0 Å². The van der Waals surface area contributed by atoms with Crippen LogP contribution in [0, 0.1) is 0 Å². The van der Waals surface area contributed by atoms with Crippen molar-refractivity contribution in [3.05, 3.63) is 74.5 Å². The second kappa shape index (κ2) is 6.62. The Kier molecular flexibility index (Phi) is 3.87. The number of benzene rings is 2. The minimum atomic E-state index is -0.132. The number of halogens is 1. The summed E-state index contributed by atoms with van der Waals surface area (Å²) in [6.45, 7) is 0.224. The number of hydrogen-bond donors (Lipinski definition) is 1. The number of aromatic amines is 1. The van der Waals surface area contributed by atoms with E-state index in [4.69, 9.17) is 25.5 Å². The largest absolute Gasteiger partial charge is 0.454 e. The van der Waals surface area contributed by atoms with Crippen molar-refractivity contribution in [3.8, 4) is 22.2 Å². The Morgan fingerprint density at radius 1 is 1.13 bits per heavy atom. The minimum Gasteiger partial charge on any atom is -0.454 e. The average molecular weight is 437 g/mol. The van der Waals surface area contributed by atoms with Crippen LogP contribution in [-0.4, -0.2) is 16.8 Å². The zero-order valence-corrected chi connectivity index (χ0v) is 17.0. The first-order valence-corrected chi connectivity index (χ1v) is 10.5. The number of hydrogen-bond acceptors (Lipinski definition) is 6. The van der Waals surface area contributed by atoms with E-state index < -0.39 is 0 Å². The lowest BCUT2D eigenvalue weighted by Gasteiger charge is -2.03. The van der Waals surface area contributed by atoms with Gasteiger partial charge in [-0.05, 0) is 35.9 Å². The molecule has 0 atom stereocenters. The van der Waals surface area contributed by atoms with E-state index in [9.17, 15) is 4.79 Å². The summed E-state index contributed by atoms with van der Waals surface area (Å²) in [4.78, 5) is 21.2. The number of rotatable bonds is 3. The number of nitrogens with zero attached hydrogens (tertiary/aromatic N) is 1. The van der Waals surface area contributed by atoms with E-state index in [0.29, 0.717) is 44.8 Å². The van der Waals surface area contributed by atoms with E-state index in [2.05, 4.69) is 9.97 Å². The Bertz CT molecular complexity index is 1490. The fourth-order valence-corrected chi connectivity index (χ4v) is 4.58. The molecule has 0 bridgehead atoms. The van der Waals surface area contributed by atoms with Gasteiger partial charge in [0.05, 0.1) is 22.2 Å². The van der Waals surface area contributed by atoms with Crippen LogP contribution >= 0.6 is 22.9 Å². The standard InChI is InChI=1S/C22H13ClN2O4S/c23-12-2-4-15-13(9-12)20(26)18-19(22-24-5-6-30-22)25-14(21(18)29-15)7-11-1-3-16-17(8-11)28-10-27-16/h1-6,8-9,25H,7,10H2. The maximum absolute atomic E-state index is 13.4. The third kappa shape index (κ3) is 2.70. The summed E-state index contributed by atoms with van der Waals surface area (Å²) in [5, 5.41) is 4.02. The van der Waals surface area contributed by atoms with Crippen LogP contribution in [0.2, 0.25) is 5.02 Å². The van der Waals surface area contributed by atoms with Crippen LogP contribution in [0.5, 0.6) is 11.5 Å². The van der Waals surface area contributed by atoms with Crippen molar-refractivity contribution in [2.45, 2.75) is 6.42 Å². The topological polar surface area (TPSA) is 77.4 Å². The van der Waals surface area contributed by atoms with Gasteiger partial charge in [0.1, 0.15) is 10.6 Å². The molecule has 0 unspecified atom stereocenters. The fourth-order valence-electron chi connectivity index (χ4n) is 3.76. The lowest BCUT2D eigenvalue weighted by molar-refractivity contribution is 0.174. The molecular formula is C22H13ClN2O4S. The number of fused-ring (bicyclic) bond motifs is 3. The average Bonchev–Trinajstić information content (AvgIpc) is 3.48. The zero-order valence-electron chi connectivity index (χ0n) is 15.4. The molecular weight excluding hydrogens is 424 g/mol. The SMILES string of the molecule is O=c1c2cc(Cl)ccc2oc2c(Cc3ccc4c(c3)OCO4)[nH]c(-c3nccs3)c12. The molecule has 4 heterocycles. The van der Waals surface area contributed by atoms with Crippen LogP contribution in [0.3, 0.4) is 0 Å². The van der Waals surface area contributed by atoms with Crippen molar-refractivity contribution < 1.29 is 13.9 Å². The maximum Gasteiger partial charge on any atom is 0.231 e. The molecule has 0 spiro atoms. The van der Waals surface area contributed by atoms with Gasteiger partial charge in [0.25, 0.3) is 0 Å². The smallest absolute Gasteiger partial charge is 0.231 e. The normalized spacial score (nSPS) is 12.8. The summed E-state index contributed by atoms with van der Waals surface area (Å²) in [6.07, 6.45) is 2.24. The number of ether oxygens (including phenoxy) is 2. The summed E-state index contributed by atoms with van der Waals surface area (Å²) in [5.41, 5.74) is 3.35. The summed E-state index contributed by atoms with van der Waals surface area (Å²) in [5.74, 6) is 1.44. The van der Waals surface area contributed by atoms with Crippen LogP contribution < -0.4 is 14.9 Å². The molecule has 1 N–H and O–H groups in total. The number of H-pyrrole nitrogens is 1. The monoisotopic (exact) mass is 436 g/mol. The minimum absolute atomic E-state index is 0.132. The number of aromatic nitrogens is 2. The van der Waals surface area contributed by atoms with Gasteiger partial charge < -0.3 is 18.9 Å². The van der Waals surface area contributed by atoms with Gasteiger partial charge in [-0.15, -0.1) is 11.3 Å². The lowest BCUT2D eigenvalue weighted by atomic mass is 10.1. The van der Waals surface area contributed by atoms with Gasteiger partial charge in [-0.3, -0.25) is 4.79 Å². The van der Waals surface area contributed by atoms with E-state index >= 15 is 0 Å². The first kappa shape index (κ1) is 17.6. The van der Waals surface area contributed by atoms with Gasteiger partial charge >= 0.3 is 0 Å². The van der Waals surface area contributed by atoms with Gasteiger partial charge in [-0.2, -0.15) is 0 Å². The van der Waals surface area contributed by atoms with Crippen LogP contribution in [0.1, 0.15) is 11.3 Å². The van der Waals surface area contributed by atoms with Crippen LogP contribution in [-0.2, 0) is 6.42 Å². The molecule has 0 saturated carbocycles. The predicted octanol–water partition coefficient (Wildman–Crippen LogP) is 5.37. The summed E-state index contributed by atoms with van der Waals surface area (Å²) < 4.78 is 17.1. The van der Waals surface area contributed by atoms with E-state index in [0.717, 1.165) is 22.0 Å². The second-order valence-electron chi connectivity index (χ2n) is 6.96. The molecule has 0 amide bonds. The van der Waals surface area contributed by atoms with E-state index in [1.54, 1.807) is 24.4 Å². The molecule has 0 aliphatic carbocycles. The van der Waals surface area contributed by atoms with Crippen LogP contribution in [0.25, 0.3) is 32.6 Å². The van der Waals surface area contributed by atoms with Crippen molar-refractivity contribution in [2.75, 3.05) is 6.79 Å². The quantitative estimate of drug-likeness (QED) is 0.411. The molecule has 5 aromatic rings. The van der Waals surface area contributed by atoms with Crippen LogP contribution in [0.15, 0.2) is 57.2 Å². The van der Waals surface area contributed by atoms with Crippen molar-refractivity contribution in [1.82, 2.24) is 9.97 Å². The molecule has 30 heavy (non-hydrogen) atoms. The lowest BCUT2D eigenvalue weighted by Crippen LogP contribution is -2.02. The van der Waals surface area contributed by atoms with Crippen molar-refractivity contribution >= 4 is 44.9 Å². The molecule has 0 radical (unpaired) electrons. The molecule has 1 aliphatic heterocycles. The third-order valence-electron chi connectivity index (χ3n) is 5.12. The molecule has 3 aromatic heterocycles. The number of thiazole rings is 1. The Labute approximate surface area is 178 Å². The molecule has 8 heteroatoms. The third-order valence-corrected chi connectivity index (χ3v) is 6.14. The molecule has 1 aliphatic rings. The van der Waals surface area contributed by atoms with E-state index in [-0.39, 0.29) is 12.2 Å². The summed E-state index contributed by atoms with van der Waals surface area (Å²) in [6, 6.07) is 10.9. The Hall–Kier alpha value is -3.29. The molecule has 6 nitrogen and oxygen atoms in total. The van der Waals surface area contributed by atoms with Gasteiger partial charge in [-0.1, -0.05) is 17.7 Å². The van der Waals surface area contributed by atoms with Gasteiger partial charge in [0, 0.05) is 23.0 Å². The maximum atomic E-state index is 13.4. The first-order chi connectivity index (χ1) is 14.7. The predicted molar refractivity (Wildman–Crippen MR) is 116 cm³/mol. The highest BCUT2D eigenvalue weighted by molar-refractivity contribution is 7.13. The molecule has 0 saturated heterocycles. The van der Waals surface area contributed by atoms with Crippen molar-refractivity contribution in [3.63, 3.8) is 0 Å². The molecule has 0 fully saturated rings. The molecule has 6 rings (SSSR count). The van der Waals surface area contributed by atoms with Crippen molar-refractivity contribution in [2.24, 2.45) is 0 Å².